The lowest BCUT2D eigenvalue weighted by Crippen LogP contribution is -2.42. The lowest BCUT2D eigenvalue weighted by molar-refractivity contribution is 0.393. The number of nitrogens with one attached hydrogen (secondary N) is 2. The zero-order chi connectivity index (χ0) is 14.4. The molecule has 2 N–H and O–H groups in total. The average Bonchev–Trinajstić information content (AvgIpc) is 2.86. The molecule has 108 valence electrons. The zero-order valence-electron chi connectivity index (χ0n) is 11.2. The highest BCUT2D eigenvalue weighted by Gasteiger charge is 2.37. The van der Waals surface area contributed by atoms with Gasteiger partial charge in [-0.05, 0) is 19.4 Å². The van der Waals surface area contributed by atoms with Crippen LogP contribution in [-0.2, 0) is 16.4 Å². The van der Waals surface area contributed by atoms with E-state index in [2.05, 4.69) is 10.3 Å². The van der Waals surface area contributed by atoms with Crippen LogP contribution in [0.1, 0.15) is 19.0 Å². The molecule has 0 aliphatic carbocycles. The van der Waals surface area contributed by atoms with Crippen molar-refractivity contribution in [2.75, 3.05) is 11.5 Å². The first kappa shape index (κ1) is 13.9. The van der Waals surface area contributed by atoms with Gasteiger partial charge in [-0.15, -0.1) is 0 Å². The fraction of sp³-hybridized carbons (Fsp3) is 0.429. The molecule has 4 nitrogen and oxygen atoms in total. The maximum absolute atomic E-state index is 11.6. The Balaban J connectivity index is 1.79. The standard InChI is InChI=1S/C14H17ClN2O2S/c1-14(6-7-20(18,19)9-14)16-8-12-13(15)10-4-2-3-5-11(10)17-12/h2-5,16-17H,6-9H2,1H3. The molecule has 1 fully saturated rings. The maximum atomic E-state index is 11.6. The molecule has 2 aromatic rings. The summed E-state index contributed by atoms with van der Waals surface area (Å²) in [6, 6.07) is 7.85. The molecule has 0 bridgehead atoms. The van der Waals surface area contributed by atoms with Gasteiger partial charge in [0.2, 0.25) is 0 Å². The highest BCUT2D eigenvalue weighted by Crippen LogP contribution is 2.28. The van der Waals surface area contributed by atoms with E-state index in [0.29, 0.717) is 18.0 Å². The smallest absolute Gasteiger partial charge is 0.152 e. The van der Waals surface area contributed by atoms with E-state index < -0.39 is 9.84 Å². The second-order valence-corrected chi connectivity index (χ2v) is 8.28. The van der Waals surface area contributed by atoms with Crippen molar-refractivity contribution in [2.45, 2.75) is 25.4 Å². The second-order valence-electron chi connectivity index (χ2n) is 5.72. The first-order valence-corrected chi connectivity index (χ1v) is 8.79. The number of para-hydroxylation sites is 1. The van der Waals surface area contributed by atoms with E-state index in [-0.39, 0.29) is 17.0 Å². The molecule has 1 atom stereocenters. The Kier molecular flexibility index (Phi) is 3.31. The van der Waals surface area contributed by atoms with Crippen LogP contribution in [0.4, 0.5) is 0 Å². The molecule has 1 aliphatic heterocycles. The Morgan fingerprint density at radius 1 is 1.40 bits per heavy atom. The van der Waals surface area contributed by atoms with Crippen LogP contribution < -0.4 is 5.32 Å². The number of aromatic amines is 1. The number of H-pyrrole nitrogens is 1. The number of fused-ring (bicyclic) bond motifs is 1. The quantitative estimate of drug-likeness (QED) is 0.915. The van der Waals surface area contributed by atoms with Crippen LogP contribution in [0.5, 0.6) is 0 Å². The molecule has 0 radical (unpaired) electrons. The minimum atomic E-state index is -2.90. The van der Waals surface area contributed by atoms with Crippen molar-refractivity contribution in [3.8, 4) is 0 Å². The van der Waals surface area contributed by atoms with Gasteiger partial charge in [0.05, 0.1) is 16.5 Å². The first-order chi connectivity index (χ1) is 9.39. The summed E-state index contributed by atoms with van der Waals surface area (Å²) in [5.41, 5.74) is 1.54. The molecule has 20 heavy (non-hydrogen) atoms. The third-order valence-corrected chi connectivity index (χ3v) is 6.24. The minimum Gasteiger partial charge on any atom is -0.356 e. The summed E-state index contributed by atoms with van der Waals surface area (Å²) in [6.07, 6.45) is 0.646. The molecular weight excluding hydrogens is 296 g/mol. The molecule has 3 rings (SSSR count). The summed E-state index contributed by atoms with van der Waals surface area (Å²) in [6.45, 7) is 2.49. The van der Waals surface area contributed by atoms with Gasteiger partial charge in [-0.2, -0.15) is 0 Å². The molecule has 1 saturated heterocycles. The number of sulfone groups is 1. The summed E-state index contributed by atoms with van der Waals surface area (Å²) in [7, 11) is -2.90. The van der Waals surface area contributed by atoms with E-state index in [1.165, 1.54) is 0 Å². The van der Waals surface area contributed by atoms with Gasteiger partial charge < -0.3 is 10.3 Å². The SMILES string of the molecule is CC1(NCc2[nH]c3ccccc3c2Cl)CCS(=O)(=O)C1. The van der Waals surface area contributed by atoms with Crippen LogP contribution in [0, 0.1) is 0 Å². The van der Waals surface area contributed by atoms with Crippen molar-refractivity contribution in [3.05, 3.63) is 35.0 Å². The molecule has 1 aromatic heterocycles. The van der Waals surface area contributed by atoms with E-state index in [4.69, 9.17) is 11.6 Å². The third kappa shape index (κ3) is 2.57. The predicted octanol–water partition coefficient (Wildman–Crippen LogP) is 2.49. The normalized spacial score (nSPS) is 25.3. The Bertz CT molecular complexity index is 754. The number of benzene rings is 1. The van der Waals surface area contributed by atoms with Gasteiger partial charge in [0, 0.05) is 28.7 Å². The van der Waals surface area contributed by atoms with Crippen molar-refractivity contribution in [1.29, 1.82) is 0 Å². The van der Waals surface area contributed by atoms with Crippen LogP contribution in [0.2, 0.25) is 5.02 Å². The van der Waals surface area contributed by atoms with Gasteiger partial charge in [-0.3, -0.25) is 0 Å². The Morgan fingerprint density at radius 3 is 2.80 bits per heavy atom. The van der Waals surface area contributed by atoms with Crippen molar-refractivity contribution in [1.82, 2.24) is 10.3 Å². The fourth-order valence-electron chi connectivity index (χ4n) is 2.74. The van der Waals surface area contributed by atoms with E-state index in [9.17, 15) is 8.42 Å². The van der Waals surface area contributed by atoms with Crippen molar-refractivity contribution >= 4 is 32.3 Å². The van der Waals surface area contributed by atoms with Gasteiger partial charge in [-0.25, -0.2) is 8.42 Å². The molecular formula is C14H17ClN2O2S. The van der Waals surface area contributed by atoms with Crippen LogP contribution in [-0.4, -0.2) is 30.4 Å². The molecule has 0 saturated carbocycles. The summed E-state index contributed by atoms with van der Waals surface area (Å²) in [4.78, 5) is 3.28. The predicted molar refractivity (Wildman–Crippen MR) is 81.8 cm³/mol. The Morgan fingerprint density at radius 2 is 2.15 bits per heavy atom. The van der Waals surface area contributed by atoms with Crippen molar-refractivity contribution in [3.63, 3.8) is 0 Å². The Labute approximate surface area is 123 Å². The topological polar surface area (TPSA) is 62.0 Å². The van der Waals surface area contributed by atoms with Crippen LogP contribution in [0.15, 0.2) is 24.3 Å². The van der Waals surface area contributed by atoms with Crippen LogP contribution in [0.25, 0.3) is 10.9 Å². The highest BCUT2D eigenvalue weighted by atomic mass is 35.5. The largest absolute Gasteiger partial charge is 0.356 e. The molecule has 1 aliphatic rings. The summed E-state index contributed by atoms with van der Waals surface area (Å²) in [5.74, 6) is 0.453. The molecule has 0 spiro atoms. The first-order valence-electron chi connectivity index (χ1n) is 6.59. The minimum absolute atomic E-state index is 0.192. The number of hydrogen-bond acceptors (Lipinski definition) is 3. The molecule has 6 heteroatoms. The fourth-order valence-corrected chi connectivity index (χ4v) is 5.14. The summed E-state index contributed by atoms with van der Waals surface area (Å²) in [5, 5.41) is 5.04. The lowest BCUT2D eigenvalue weighted by atomic mass is 10.0. The number of halogens is 1. The molecule has 2 heterocycles. The van der Waals surface area contributed by atoms with E-state index in [0.717, 1.165) is 16.6 Å². The van der Waals surface area contributed by atoms with E-state index >= 15 is 0 Å². The number of aromatic nitrogens is 1. The monoisotopic (exact) mass is 312 g/mol. The average molecular weight is 313 g/mol. The van der Waals surface area contributed by atoms with Gasteiger partial charge in [0.25, 0.3) is 0 Å². The molecule has 1 unspecified atom stereocenters. The van der Waals surface area contributed by atoms with Crippen molar-refractivity contribution in [2.24, 2.45) is 0 Å². The van der Waals surface area contributed by atoms with Gasteiger partial charge in [-0.1, -0.05) is 29.8 Å². The van der Waals surface area contributed by atoms with Crippen LogP contribution in [0.3, 0.4) is 0 Å². The van der Waals surface area contributed by atoms with E-state index in [1.54, 1.807) is 0 Å². The van der Waals surface area contributed by atoms with E-state index in [1.807, 2.05) is 31.2 Å². The lowest BCUT2D eigenvalue weighted by Gasteiger charge is -2.23. The highest BCUT2D eigenvalue weighted by molar-refractivity contribution is 7.91. The maximum Gasteiger partial charge on any atom is 0.152 e. The zero-order valence-corrected chi connectivity index (χ0v) is 12.8. The summed E-state index contributed by atoms with van der Waals surface area (Å²) < 4.78 is 23.2. The second kappa shape index (κ2) is 4.76. The number of hydrogen-bond donors (Lipinski definition) is 2. The Hall–Kier alpha value is -1.04. The van der Waals surface area contributed by atoms with Crippen LogP contribution >= 0.6 is 11.6 Å². The van der Waals surface area contributed by atoms with Crippen molar-refractivity contribution < 1.29 is 8.42 Å². The summed E-state index contributed by atoms with van der Waals surface area (Å²) >= 11 is 6.35. The molecule has 0 amide bonds. The number of rotatable bonds is 3. The third-order valence-electron chi connectivity index (χ3n) is 3.91. The molecule has 1 aromatic carbocycles. The van der Waals surface area contributed by atoms with Gasteiger partial charge in [0.15, 0.2) is 9.84 Å². The van der Waals surface area contributed by atoms with Gasteiger partial charge >= 0.3 is 0 Å². The van der Waals surface area contributed by atoms with Gasteiger partial charge in [0.1, 0.15) is 0 Å².